The fraction of sp³-hybridized carbons (Fsp3) is 0.267. The highest BCUT2D eigenvalue weighted by molar-refractivity contribution is 9.10. The quantitative estimate of drug-likeness (QED) is 0.903. The van der Waals surface area contributed by atoms with Gasteiger partial charge in [0.05, 0.1) is 0 Å². The molecule has 2 rings (SSSR count). The Bertz CT molecular complexity index is 598. The summed E-state index contributed by atoms with van der Waals surface area (Å²) in [4.78, 5) is 11.9. The zero-order chi connectivity index (χ0) is 13.8. The Morgan fingerprint density at radius 2 is 1.95 bits per heavy atom. The van der Waals surface area contributed by atoms with E-state index in [0.717, 1.165) is 27.4 Å². The number of halogens is 1. The number of benzene rings is 2. The van der Waals surface area contributed by atoms with E-state index in [9.17, 15) is 4.79 Å². The van der Waals surface area contributed by atoms with E-state index >= 15 is 0 Å². The molecular weight excluding hydrogens is 304 g/mol. The van der Waals surface area contributed by atoms with E-state index < -0.39 is 0 Å². The minimum absolute atomic E-state index is 0.0400. The second kappa shape index (κ2) is 6.17. The maximum Gasteiger partial charge on any atom is 0.225 e. The van der Waals surface area contributed by atoms with Crippen LogP contribution in [0.3, 0.4) is 0 Å². The SMILES string of the molecule is CCC(N)CC(=O)Nc1ccc(Br)c2ccccc12. The van der Waals surface area contributed by atoms with E-state index in [-0.39, 0.29) is 11.9 Å². The first-order valence-corrected chi connectivity index (χ1v) is 7.13. The van der Waals surface area contributed by atoms with E-state index in [1.807, 2.05) is 43.3 Å². The molecule has 0 spiro atoms. The lowest BCUT2D eigenvalue weighted by molar-refractivity contribution is -0.116. The van der Waals surface area contributed by atoms with Crippen LogP contribution in [-0.2, 0) is 4.79 Å². The third kappa shape index (κ3) is 3.33. The number of nitrogens with one attached hydrogen (secondary N) is 1. The van der Waals surface area contributed by atoms with E-state index in [4.69, 9.17) is 5.73 Å². The Labute approximate surface area is 121 Å². The van der Waals surface area contributed by atoms with Crippen molar-refractivity contribution in [3.05, 3.63) is 40.9 Å². The fourth-order valence-electron chi connectivity index (χ4n) is 1.96. The van der Waals surface area contributed by atoms with Gasteiger partial charge in [0.1, 0.15) is 0 Å². The smallest absolute Gasteiger partial charge is 0.225 e. The average Bonchev–Trinajstić information content (AvgIpc) is 2.42. The molecule has 0 fully saturated rings. The van der Waals surface area contributed by atoms with Crippen LogP contribution in [0, 0.1) is 0 Å². The molecule has 2 aromatic carbocycles. The maximum absolute atomic E-state index is 11.9. The Morgan fingerprint density at radius 1 is 1.26 bits per heavy atom. The summed E-state index contributed by atoms with van der Waals surface area (Å²) in [6, 6.07) is 11.7. The fourth-order valence-corrected chi connectivity index (χ4v) is 2.43. The molecule has 4 heteroatoms. The number of carbonyl (C=O) groups is 1. The summed E-state index contributed by atoms with van der Waals surface area (Å²) in [5, 5.41) is 5.04. The van der Waals surface area contributed by atoms with Crippen molar-refractivity contribution in [3.63, 3.8) is 0 Å². The summed E-state index contributed by atoms with van der Waals surface area (Å²) in [5.41, 5.74) is 6.62. The van der Waals surface area contributed by atoms with Crippen LogP contribution in [0.15, 0.2) is 40.9 Å². The number of fused-ring (bicyclic) bond motifs is 1. The lowest BCUT2D eigenvalue weighted by atomic mass is 10.1. The number of carbonyl (C=O) groups excluding carboxylic acids is 1. The van der Waals surface area contributed by atoms with Gasteiger partial charge in [-0.2, -0.15) is 0 Å². The van der Waals surface area contributed by atoms with Gasteiger partial charge in [-0.15, -0.1) is 0 Å². The van der Waals surface area contributed by atoms with Crippen molar-refractivity contribution >= 4 is 38.3 Å². The molecule has 0 aliphatic carbocycles. The van der Waals surface area contributed by atoms with Crippen LogP contribution in [0.4, 0.5) is 5.69 Å². The van der Waals surface area contributed by atoms with Crippen LogP contribution in [0.2, 0.25) is 0 Å². The molecule has 0 aliphatic rings. The Balaban J connectivity index is 2.26. The van der Waals surface area contributed by atoms with Gasteiger partial charge >= 0.3 is 0 Å². The second-order valence-electron chi connectivity index (χ2n) is 4.56. The molecule has 100 valence electrons. The first kappa shape index (κ1) is 14.0. The van der Waals surface area contributed by atoms with Crippen LogP contribution in [0.5, 0.6) is 0 Å². The highest BCUT2D eigenvalue weighted by Gasteiger charge is 2.10. The number of anilines is 1. The van der Waals surface area contributed by atoms with Crippen molar-refractivity contribution in [1.29, 1.82) is 0 Å². The number of nitrogens with two attached hydrogens (primary N) is 1. The lowest BCUT2D eigenvalue weighted by Crippen LogP contribution is -2.26. The molecule has 1 amide bonds. The van der Waals surface area contributed by atoms with Crippen LogP contribution >= 0.6 is 15.9 Å². The molecular formula is C15H17BrN2O. The van der Waals surface area contributed by atoms with Crippen molar-refractivity contribution in [3.8, 4) is 0 Å². The van der Waals surface area contributed by atoms with Gasteiger partial charge in [-0.25, -0.2) is 0 Å². The van der Waals surface area contributed by atoms with Gasteiger partial charge in [-0.3, -0.25) is 4.79 Å². The van der Waals surface area contributed by atoms with Crippen LogP contribution in [0.1, 0.15) is 19.8 Å². The monoisotopic (exact) mass is 320 g/mol. The highest BCUT2D eigenvalue weighted by atomic mass is 79.9. The molecule has 3 N–H and O–H groups in total. The van der Waals surface area contributed by atoms with Crippen LogP contribution < -0.4 is 11.1 Å². The van der Waals surface area contributed by atoms with Crippen molar-refractivity contribution in [2.45, 2.75) is 25.8 Å². The third-order valence-corrected chi connectivity index (χ3v) is 3.81. The van der Waals surface area contributed by atoms with Gasteiger partial charge in [0.25, 0.3) is 0 Å². The third-order valence-electron chi connectivity index (χ3n) is 3.12. The standard InChI is InChI=1S/C15H17BrN2O/c1-2-10(17)9-15(19)18-14-8-7-13(16)11-5-3-4-6-12(11)14/h3-8,10H,2,9,17H2,1H3,(H,18,19). The molecule has 0 saturated heterocycles. The van der Waals surface area contributed by atoms with Crippen molar-refractivity contribution in [2.24, 2.45) is 5.73 Å². The van der Waals surface area contributed by atoms with E-state index in [1.54, 1.807) is 0 Å². The van der Waals surface area contributed by atoms with Gasteiger partial charge in [0.15, 0.2) is 0 Å². The molecule has 0 aromatic heterocycles. The minimum Gasteiger partial charge on any atom is -0.327 e. The van der Waals surface area contributed by atoms with E-state index in [2.05, 4.69) is 21.2 Å². The number of amides is 1. The zero-order valence-electron chi connectivity index (χ0n) is 10.8. The Morgan fingerprint density at radius 3 is 2.63 bits per heavy atom. The molecule has 0 radical (unpaired) electrons. The minimum atomic E-state index is -0.0817. The summed E-state index contributed by atoms with van der Waals surface area (Å²) in [5.74, 6) is -0.0400. The normalized spacial score (nSPS) is 12.4. The summed E-state index contributed by atoms with van der Waals surface area (Å²) in [6.45, 7) is 1.98. The maximum atomic E-state index is 11.9. The molecule has 3 nitrogen and oxygen atoms in total. The first-order chi connectivity index (χ1) is 9.11. The molecule has 0 aliphatic heterocycles. The van der Waals surface area contributed by atoms with Crippen molar-refractivity contribution < 1.29 is 4.79 Å². The lowest BCUT2D eigenvalue weighted by Gasteiger charge is -2.12. The van der Waals surface area contributed by atoms with Crippen molar-refractivity contribution in [2.75, 3.05) is 5.32 Å². The van der Waals surface area contributed by atoms with Crippen molar-refractivity contribution in [1.82, 2.24) is 0 Å². The van der Waals surface area contributed by atoms with Crippen LogP contribution in [-0.4, -0.2) is 11.9 Å². The van der Waals surface area contributed by atoms with Gasteiger partial charge in [-0.05, 0) is 23.9 Å². The Kier molecular flexibility index (Phi) is 4.56. The summed E-state index contributed by atoms with van der Waals surface area (Å²) >= 11 is 3.52. The highest BCUT2D eigenvalue weighted by Crippen LogP contribution is 2.29. The predicted octanol–water partition coefficient (Wildman–Crippen LogP) is 3.67. The molecule has 1 atom stereocenters. The van der Waals surface area contributed by atoms with Gasteiger partial charge < -0.3 is 11.1 Å². The Hall–Kier alpha value is -1.39. The molecule has 2 aromatic rings. The molecule has 0 bridgehead atoms. The molecule has 0 saturated carbocycles. The molecule has 0 heterocycles. The molecule has 1 unspecified atom stereocenters. The van der Waals surface area contributed by atoms with E-state index in [0.29, 0.717) is 6.42 Å². The first-order valence-electron chi connectivity index (χ1n) is 6.34. The van der Waals surface area contributed by atoms with Crippen LogP contribution in [0.25, 0.3) is 10.8 Å². The number of hydrogen-bond donors (Lipinski definition) is 2. The predicted molar refractivity (Wildman–Crippen MR) is 83.2 cm³/mol. The molecule has 19 heavy (non-hydrogen) atoms. The zero-order valence-corrected chi connectivity index (χ0v) is 12.4. The second-order valence-corrected chi connectivity index (χ2v) is 5.42. The number of hydrogen-bond acceptors (Lipinski definition) is 2. The summed E-state index contributed by atoms with van der Waals surface area (Å²) < 4.78 is 1.02. The van der Waals surface area contributed by atoms with Gasteiger partial charge in [-0.1, -0.05) is 47.1 Å². The largest absolute Gasteiger partial charge is 0.327 e. The summed E-state index contributed by atoms with van der Waals surface area (Å²) in [7, 11) is 0. The topological polar surface area (TPSA) is 55.1 Å². The number of rotatable bonds is 4. The van der Waals surface area contributed by atoms with E-state index in [1.165, 1.54) is 0 Å². The van der Waals surface area contributed by atoms with Gasteiger partial charge in [0, 0.05) is 28.0 Å². The van der Waals surface area contributed by atoms with Gasteiger partial charge in [0.2, 0.25) is 5.91 Å². The summed E-state index contributed by atoms with van der Waals surface area (Å²) in [6.07, 6.45) is 1.15. The average molecular weight is 321 g/mol.